The van der Waals surface area contributed by atoms with Gasteiger partial charge in [0.2, 0.25) is 0 Å². The number of hydrogen-bond acceptors (Lipinski definition) is 2. The van der Waals surface area contributed by atoms with Crippen LogP contribution in [0.3, 0.4) is 0 Å². The Morgan fingerprint density at radius 1 is 1.11 bits per heavy atom. The molecule has 1 amide bonds. The fourth-order valence-electron chi connectivity index (χ4n) is 6.86. The molecule has 0 aliphatic heterocycles. The molecule has 0 saturated heterocycles. The predicted molar refractivity (Wildman–Crippen MR) is 111 cm³/mol. The second kappa shape index (κ2) is 6.75. The molecule has 0 spiro atoms. The van der Waals surface area contributed by atoms with Crippen molar-refractivity contribution in [1.29, 1.82) is 0 Å². The van der Waals surface area contributed by atoms with Crippen LogP contribution in [0.5, 0.6) is 0 Å². The van der Waals surface area contributed by atoms with Crippen LogP contribution in [-0.2, 0) is 6.42 Å². The minimum Gasteiger partial charge on any atom is -0.350 e. The van der Waals surface area contributed by atoms with Crippen molar-refractivity contribution in [1.82, 2.24) is 14.9 Å². The minimum atomic E-state index is 0.00498. The van der Waals surface area contributed by atoms with Crippen LogP contribution in [0, 0.1) is 30.1 Å². The number of aryl methyl sites for hydroxylation is 1. The second-order valence-electron chi connectivity index (χ2n) is 9.58. The predicted octanol–water partition coefficient (Wildman–Crippen LogP) is 4.69. The summed E-state index contributed by atoms with van der Waals surface area (Å²) >= 11 is 0. The van der Waals surface area contributed by atoms with E-state index in [1.165, 1.54) is 38.5 Å². The molecule has 1 aromatic heterocycles. The van der Waals surface area contributed by atoms with E-state index >= 15 is 0 Å². The van der Waals surface area contributed by atoms with Gasteiger partial charge in [0, 0.05) is 12.2 Å². The number of carbonyl (C=O) groups excluding carboxylic acids is 1. The molecule has 4 aliphatic rings. The summed E-state index contributed by atoms with van der Waals surface area (Å²) in [5.74, 6) is 3.62. The first kappa shape index (κ1) is 18.0. The molecule has 4 saturated carbocycles. The lowest BCUT2D eigenvalue weighted by Crippen LogP contribution is -2.51. The summed E-state index contributed by atoms with van der Waals surface area (Å²) in [7, 11) is 0. The van der Waals surface area contributed by atoms with Crippen molar-refractivity contribution in [3.8, 4) is 5.69 Å². The summed E-state index contributed by atoms with van der Waals surface area (Å²) in [5, 5.41) is 3.31. The SMILES string of the molecule is CCc1c(C(=O)NCC23CC4CC(CC(C4)C2)C3)nc(C)n1-c1ccccc1. The lowest BCUT2D eigenvalue weighted by Gasteiger charge is -2.56. The maximum atomic E-state index is 13.1. The number of carbonyl (C=O) groups is 1. The summed E-state index contributed by atoms with van der Waals surface area (Å²) in [6.45, 7) is 4.92. The Morgan fingerprint density at radius 3 is 2.29 bits per heavy atom. The molecule has 4 heteroatoms. The first-order valence-electron chi connectivity index (χ1n) is 11.0. The van der Waals surface area contributed by atoms with E-state index in [1.807, 2.05) is 25.1 Å². The number of para-hydroxylation sites is 1. The summed E-state index contributed by atoms with van der Waals surface area (Å²) in [6, 6.07) is 10.2. The van der Waals surface area contributed by atoms with Gasteiger partial charge < -0.3 is 9.88 Å². The van der Waals surface area contributed by atoms with Crippen molar-refractivity contribution < 1.29 is 4.79 Å². The van der Waals surface area contributed by atoms with Crippen LogP contribution < -0.4 is 5.32 Å². The number of amides is 1. The summed E-state index contributed by atoms with van der Waals surface area (Å²) in [4.78, 5) is 17.8. The fourth-order valence-corrected chi connectivity index (χ4v) is 6.86. The zero-order chi connectivity index (χ0) is 19.3. The van der Waals surface area contributed by atoms with Gasteiger partial charge in [0.1, 0.15) is 11.5 Å². The van der Waals surface area contributed by atoms with Crippen molar-refractivity contribution in [2.45, 2.75) is 58.8 Å². The molecule has 4 nitrogen and oxygen atoms in total. The van der Waals surface area contributed by atoms with Gasteiger partial charge in [0.05, 0.1) is 5.69 Å². The Hall–Kier alpha value is -2.10. The van der Waals surface area contributed by atoms with E-state index < -0.39 is 0 Å². The van der Waals surface area contributed by atoms with Crippen LogP contribution in [0.15, 0.2) is 30.3 Å². The van der Waals surface area contributed by atoms with E-state index in [0.717, 1.165) is 47.9 Å². The molecule has 28 heavy (non-hydrogen) atoms. The number of nitrogens with zero attached hydrogens (tertiary/aromatic N) is 2. The van der Waals surface area contributed by atoms with E-state index in [4.69, 9.17) is 0 Å². The van der Waals surface area contributed by atoms with Crippen molar-refractivity contribution in [2.24, 2.45) is 23.2 Å². The summed E-state index contributed by atoms with van der Waals surface area (Å²) in [6.07, 6.45) is 9.05. The molecule has 1 heterocycles. The molecule has 0 atom stereocenters. The van der Waals surface area contributed by atoms with E-state index in [1.54, 1.807) is 0 Å². The lowest BCUT2D eigenvalue weighted by molar-refractivity contribution is -0.0503. The van der Waals surface area contributed by atoms with Crippen LogP contribution in [0.1, 0.15) is 67.5 Å². The monoisotopic (exact) mass is 377 g/mol. The number of benzene rings is 1. The molecule has 4 bridgehead atoms. The molecule has 1 aromatic carbocycles. The van der Waals surface area contributed by atoms with Gasteiger partial charge in [-0.3, -0.25) is 4.79 Å². The molecule has 4 fully saturated rings. The summed E-state index contributed by atoms with van der Waals surface area (Å²) < 4.78 is 2.12. The Morgan fingerprint density at radius 2 is 1.71 bits per heavy atom. The molecule has 0 radical (unpaired) electrons. The third-order valence-electron chi connectivity index (χ3n) is 7.49. The van der Waals surface area contributed by atoms with E-state index in [9.17, 15) is 4.79 Å². The van der Waals surface area contributed by atoms with Crippen LogP contribution in [0.25, 0.3) is 5.69 Å². The number of nitrogens with one attached hydrogen (secondary N) is 1. The van der Waals surface area contributed by atoms with E-state index in [-0.39, 0.29) is 5.91 Å². The quantitative estimate of drug-likeness (QED) is 0.822. The van der Waals surface area contributed by atoms with Crippen molar-refractivity contribution in [2.75, 3.05) is 6.54 Å². The van der Waals surface area contributed by atoms with E-state index in [2.05, 4.69) is 33.9 Å². The minimum absolute atomic E-state index is 0.00498. The molecule has 6 rings (SSSR count). The van der Waals surface area contributed by atoms with Crippen molar-refractivity contribution in [3.63, 3.8) is 0 Å². The molecular formula is C24H31N3O. The van der Waals surface area contributed by atoms with Gasteiger partial charge >= 0.3 is 0 Å². The molecular weight excluding hydrogens is 346 g/mol. The first-order chi connectivity index (χ1) is 13.6. The Kier molecular flexibility index (Phi) is 4.33. The molecule has 148 valence electrons. The van der Waals surface area contributed by atoms with Crippen molar-refractivity contribution in [3.05, 3.63) is 47.5 Å². The number of rotatable bonds is 5. The number of imidazole rings is 1. The van der Waals surface area contributed by atoms with Crippen LogP contribution >= 0.6 is 0 Å². The van der Waals surface area contributed by atoms with Gasteiger partial charge in [0.25, 0.3) is 5.91 Å². The Bertz CT molecular complexity index is 847. The standard InChI is InChI=1S/C24H31N3O/c1-3-21-22(26-16(2)27(21)20-7-5-4-6-8-20)23(28)25-15-24-12-17-9-18(13-24)11-19(10-17)14-24/h4-8,17-19H,3,9-15H2,1-2H3,(H,25,28). The number of aromatic nitrogens is 2. The van der Waals surface area contributed by atoms with Gasteiger partial charge in [-0.15, -0.1) is 0 Å². The van der Waals surface area contributed by atoms with Crippen LogP contribution in [0.4, 0.5) is 0 Å². The molecule has 1 N–H and O–H groups in total. The highest BCUT2D eigenvalue weighted by Crippen LogP contribution is 2.59. The maximum Gasteiger partial charge on any atom is 0.271 e. The van der Waals surface area contributed by atoms with E-state index in [0.29, 0.717) is 11.1 Å². The smallest absolute Gasteiger partial charge is 0.271 e. The molecule has 0 unspecified atom stereocenters. The topological polar surface area (TPSA) is 46.9 Å². The largest absolute Gasteiger partial charge is 0.350 e. The third-order valence-corrected chi connectivity index (χ3v) is 7.49. The average Bonchev–Trinajstić information content (AvgIpc) is 3.02. The first-order valence-corrected chi connectivity index (χ1v) is 11.0. The van der Waals surface area contributed by atoms with Gasteiger partial charge in [-0.2, -0.15) is 0 Å². The number of hydrogen-bond donors (Lipinski definition) is 1. The summed E-state index contributed by atoms with van der Waals surface area (Å²) in [5.41, 5.74) is 3.04. The van der Waals surface area contributed by atoms with Gasteiger partial charge in [0.15, 0.2) is 0 Å². The second-order valence-corrected chi connectivity index (χ2v) is 9.58. The third kappa shape index (κ3) is 2.98. The van der Waals surface area contributed by atoms with Gasteiger partial charge in [-0.25, -0.2) is 4.98 Å². The highest BCUT2D eigenvalue weighted by molar-refractivity contribution is 5.93. The van der Waals surface area contributed by atoms with Crippen LogP contribution in [-0.4, -0.2) is 22.0 Å². The molecule has 2 aromatic rings. The average molecular weight is 378 g/mol. The van der Waals surface area contributed by atoms with Crippen molar-refractivity contribution >= 4 is 5.91 Å². The molecule has 4 aliphatic carbocycles. The fraction of sp³-hybridized carbons (Fsp3) is 0.583. The zero-order valence-corrected chi connectivity index (χ0v) is 17.1. The normalized spacial score (nSPS) is 30.6. The maximum absolute atomic E-state index is 13.1. The Labute approximate surface area is 167 Å². The Balaban J connectivity index is 1.36. The highest BCUT2D eigenvalue weighted by atomic mass is 16.1. The highest BCUT2D eigenvalue weighted by Gasteiger charge is 2.50. The lowest BCUT2D eigenvalue weighted by atomic mass is 9.49. The van der Waals surface area contributed by atoms with Gasteiger partial charge in [-0.1, -0.05) is 25.1 Å². The van der Waals surface area contributed by atoms with Gasteiger partial charge in [-0.05, 0) is 87.2 Å². The zero-order valence-electron chi connectivity index (χ0n) is 17.1. The van der Waals surface area contributed by atoms with Crippen LogP contribution in [0.2, 0.25) is 0 Å².